The SMILES string of the molecule is Cc1ccc(C(=O)CCC(=O)OC(C)C(=O)Nc2ccccc2-c2ccccc2)cc1C. The Morgan fingerprint density at radius 2 is 1.53 bits per heavy atom. The van der Waals surface area contributed by atoms with Crippen LogP contribution in [0.3, 0.4) is 0 Å². The van der Waals surface area contributed by atoms with E-state index in [-0.39, 0.29) is 18.6 Å². The molecule has 0 heterocycles. The summed E-state index contributed by atoms with van der Waals surface area (Å²) in [6, 6.07) is 22.6. The van der Waals surface area contributed by atoms with Crippen LogP contribution in [0, 0.1) is 13.8 Å². The number of ketones is 1. The minimum atomic E-state index is -0.983. The molecule has 0 aliphatic carbocycles. The molecule has 1 amide bonds. The van der Waals surface area contributed by atoms with Crippen LogP contribution in [0.1, 0.15) is 41.3 Å². The van der Waals surface area contributed by atoms with Crippen LogP contribution in [0.2, 0.25) is 0 Å². The minimum Gasteiger partial charge on any atom is -0.453 e. The lowest BCUT2D eigenvalue weighted by atomic mass is 10.0. The number of Topliss-reactive ketones (excluding diaryl/α,β-unsaturated/α-hetero) is 1. The van der Waals surface area contributed by atoms with Crippen LogP contribution >= 0.6 is 0 Å². The number of carbonyl (C=O) groups is 3. The molecule has 164 valence electrons. The number of nitrogens with one attached hydrogen (secondary N) is 1. The smallest absolute Gasteiger partial charge is 0.307 e. The van der Waals surface area contributed by atoms with Crippen molar-refractivity contribution in [1.29, 1.82) is 0 Å². The molecule has 0 saturated heterocycles. The Balaban J connectivity index is 1.55. The molecule has 3 rings (SSSR count). The van der Waals surface area contributed by atoms with Gasteiger partial charge in [-0.2, -0.15) is 0 Å². The normalized spacial score (nSPS) is 11.5. The second kappa shape index (κ2) is 10.5. The third-order valence-corrected chi connectivity index (χ3v) is 5.33. The van der Waals surface area contributed by atoms with E-state index in [9.17, 15) is 14.4 Å². The first-order valence-corrected chi connectivity index (χ1v) is 10.6. The third kappa shape index (κ3) is 5.91. The van der Waals surface area contributed by atoms with Gasteiger partial charge in [0, 0.05) is 23.2 Å². The number of rotatable bonds is 8. The number of carbonyl (C=O) groups excluding carboxylic acids is 3. The summed E-state index contributed by atoms with van der Waals surface area (Å²) < 4.78 is 5.26. The quantitative estimate of drug-likeness (QED) is 0.379. The van der Waals surface area contributed by atoms with Crippen LogP contribution in [-0.4, -0.2) is 23.8 Å². The molecular weight excluding hydrogens is 402 g/mol. The summed E-state index contributed by atoms with van der Waals surface area (Å²) in [5.74, 6) is -1.14. The molecule has 0 fully saturated rings. The number of hydrogen-bond donors (Lipinski definition) is 1. The lowest BCUT2D eigenvalue weighted by Crippen LogP contribution is -2.30. The van der Waals surface area contributed by atoms with Gasteiger partial charge < -0.3 is 10.1 Å². The zero-order valence-electron chi connectivity index (χ0n) is 18.6. The van der Waals surface area contributed by atoms with Crippen molar-refractivity contribution in [3.05, 3.63) is 89.5 Å². The number of esters is 1. The number of anilines is 1. The highest BCUT2D eigenvalue weighted by Gasteiger charge is 2.20. The van der Waals surface area contributed by atoms with Crippen LogP contribution in [0.4, 0.5) is 5.69 Å². The third-order valence-electron chi connectivity index (χ3n) is 5.33. The van der Waals surface area contributed by atoms with E-state index in [1.807, 2.05) is 74.5 Å². The Hall–Kier alpha value is -3.73. The van der Waals surface area contributed by atoms with Crippen molar-refractivity contribution in [1.82, 2.24) is 0 Å². The van der Waals surface area contributed by atoms with Gasteiger partial charge in [0.05, 0.1) is 6.42 Å². The van der Waals surface area contributed by atoms with Crippen molar-refractivity contribution in [2.45, 2.75) is 39.7 Å². The molecule has 0 aliphatic rings. The molecule has 3 aromatic carbocycles. The number of amides is 1. The van der Waals surface area contributed by atoms with Crippen molar-refractivity contribution < 1.29 is 19.1 Å². The summed E-state index contributed by atoms with van der Waals surface area (Å²) in [6.07, 6.45) is -1.03. The van der Waals surface area contributed by atoms with Crippen LogP contribution in [0.5, 0.6) is 0 Å². The Morgan fingerprint density at radius 3 is 2.25 bits per heavy atom. The maximum atomic E-state index is 12.6. The molecule has 5 nitrogen and oxygen atoms in total. The molecule has 0 radical (unpaired) electrons. The largest absolute Gasteiger partial charge is 0.453 e. The summed E-state index contributed by atoms with van der Waals surface area (Å²) in [6.45, 7) is 5.44. The molecule has 3 aromatic rings. The van der Waals surface area contributed by atoms with Gasteiger partial charge in [0.1, 0.15) is 0 Å². The summed E-state index contributed by atoms with van der Waals surface area (Å²) in [5.41, 5.74) is 5.19. The number of hydrogen-bond acceptors (Lipinski definition) is 4. The molecule has 0 aliphatic heterocycles. The Kier molecular flexibility index (Phi) is 7.55. The van der Waals surface area contributed by atoms with E-state index >= 15 is 0 Å². The van der Waals surface area contributed by atoms with Crippen LogP contribution in [0.15, 0.2) is 72.8 Å². The van der Waals surface area contributed by atoms with Gasteiger partial charge in [-0.3, -0.25) is 14.4 Å². The number of para-hydroxylation sites is 1. The molecule has 32 heavy (non-hydrogen) atoms. The predicted octanol–water partition coefficient (Wildman–Crippen LogP) is 5.50. The lowest BCUT2D eigenvalue weighted by molar-refractivity contribution is -0.153. The van der Waals surface area contributed by atoms with Gasteiger partial charge in [-0.05, 0) is 49.6 Å². The Labute approximate surface area is 188 Å². The molecule has 0 bridgehead atoms. The van der Waals surface area contributed by atoms with Crippen molar-refractivity contribution in [2.24, 2.45) is 0 Å². The molecular formula is C27H27NO4. The average Bonchev–Trinajstić information content (AvgIpc) is 2.80. The van der Waals surface area contributed by atoms with Gasteiger partial charge in [-0.25, -0.2) is 0 Å². The molecule has 1 N–H and O–H groups in total. The Bertz CT molecular complexity index is 1120. The Morgan fingerprint density at radius 1 is 0.844 bits per heavy atom. The van der Waals surface area contributed by atoms with Crippen molar-refractivity contribution in [3.63, 3.8) is 0 Å². The molecule has 5 heteroatoms. The van der Waals surface area contributed by atoms with Crippen molar-refractivity contribution in [2.75, 3.05) is 5.32 Å². The summed E-state index contributed by atoms with van der Waals surface area (Å²) in [7, 11) is 0. The molecule has 1 unspecified atom stereocenters. The van der Waals surface area contributed by atoms with Crippen molar-refractivity contribution in [3.8, 4) is 11.1 Å². The zero-order valence-corrected chi connectivity index (χ0v) is 18.6. The van der Waals surface area contributed by atoms with E-state index in [2.05, 4.69) is 5.32 Å². The van der Waals surface area contributed by atoms with Gasteiger partial charge in [-0.15, -0.1) is 0 Å². The van der Waals surface area contributed by atoms with Crippen LogP contribution < -0.4 is 5.32 Å². The van der Waals surface area contributed by atoms with Gasteiger partial charge in [0.25, 0.3) is 5.91 Å². The molecule has 0 spiro atoms. The first kappa shape index (κ1) is 22.9. The maximum absolute atomic E-state index is 12.6. The monoisotopic (exact) mass is 429 g/mol. The minimum absolute atomic E-state index is 0.0342. The summed E-state index contributed by atoms with van der Waals surface area (Å²) >= 11 is 0. The van der Waals surface area contributed by atoms with Crippen molar-refractivity contribution >= 4 is 23.3 Å². The van der Waals surface area contributed by atoms with Gasteiger partial charge in [0.2, 0.25) is 0 Å². The first-order valence-electron chi connectivity index (χ1n) is 10.6. The van der Waals surface area contributed by atoms with Gasteiger partial charge >= 0.3 is 5.97 Å². The fraction of sp³-hybridized carbons (Fsp3) is 0.222. The highest BCUT2D eigenvalue weighted by molar-refractivity contribution is 5.99. The van der Waals surface area contributed by atoms with E-state index in [0.717, 1.165) is 22.3 Å². The molecule has 0 saturated carbocycles. The topological polar surface area (TPSA) is 72.5 Å². The first-order chi connectivity index (χ1) is 15.3. The standard InChI is InChI=1S/C27H27NO4/c1-18-13-14-22(17-19(18)2)25(29)15-16-26(30)32-20(3)27(31)28-24-12-8-7-11-23(24)21-9-5-4-6-10-21/h4-14,17,20H,15-16H2,1-3H3,(H,28,31). The lowest BCUT2D eigenvalue weighted by Gasteiger charge is -2.16. The van der Waals surface area contributed by atoms with E-state index < -0.39 is 18.0 Å². The van der Waals surface area contributed by atoms with E-state index in [0.29, 0.717) is 11.3 Å². The number of aryl methyl sites for hydroxylation is 2. The van der Waals surface area contributed by atoms with Crippen LogP contribution in [-0.2, 0) is 14.3 Å². The summed E-state index contributed by atoms with van der Waals surface area (Å²) in [5, 5.41) is 2.83. The van der Waals surface area contributed by atoms with Gasteiger partial charge in [0.15, 0.2) is 11.9 Å². The molecule has 1 atom stereocenters. The van der Waals surface area contributed by atoms with E-state index in [1.165, 1.54) is 6.92 Å². The number of benzene rings is 3. The zero-order chi connectivity index (χ0) is 23.1. The maximum Gasteiger partial charge on any atom is 0.307 e. The second-order valence-electron chi connectivity index (χ2n) is 7.76. The average molecular weight is 430 g/mol. The predicted molar refractivity (Wildman–Crippen MR) is 126 cm³/mol. The highest BCUT2D eigenvalue weighted by Crippen LogP contribution is 2.27. The number of ether oxygens (including phenoxy) is 1. The fourth-order valence-electron chi connectivity index (χ4n) is 3.28. The molecule has 0 aromatic heterocycles. The fourth-order valence-corrected chi connectivity index (χ4v) is 3.28. The van der Waals surface area contributed by atoms with E-state index in [1.54, 1.807) is 12.1 Å². The summed E-state index contributed by atoms with van der Waals surface area (Å²) in [4.78, 5) is 37.2. The second-order valence-corrected chi connectivity index (χ2v) is 7.76. The van der Waals surface area contributed by atoms with E-state index in [4.69, 9.17) is 4.74 Å². The van der Waals surface area contributed by atoms with Gasteiger partial charge in [-0.1, -0.05) is 60.7 Å². The highest BCUT2D eigenvalue weighted by atomic mass is 16.5. The van der Waals surface area contributed by atoms with Crippen LogP contribution in [0.25, 0.3) is 11.1 Å².